The number of rotatable bonds is 2. The first-order valence-corrected chi connectivity index (χ1v) is 4.02. The molecule has 1 aromatic heterocycles. The first-order valence-electron chi connectivity index (χ1n) is 4.02. The van der Waals surface area contributed by atoms with E-state index in [1.165, 1.54) is 12.2 Å². The lowest BCUT2D eigenvalue weighted by Gasteiger charge is -1.90. The van der Waals surface area contributed by atoms with Gasteiger partial charge in [0.05, 0.1) is 22.5 Å². The van der Waals surface area contributed by atoms with Gasteiger partial charge in [-0.1, -0.05) is 13.2 Å². The molecule has 0 radical (unpaired) electrons. The number of nitrogens with one attached hydrogen (secondary N) is 1. The lowest BCUT2D eigenvalue weighted by Crippen LogP contribution is -1.91. The quantitative estimate of drug-likeness (QED) is 0.738. The van der Waals surface area contributed by atoms with E-state index in [4.69, 9.17) is 0 Å². The third-order valence-electron chi connectivity index (χ3n) is 2.10. The summed E-state index contributed by atoms with van der Waals surface area (Å²) in [6.45, 7) is 7.05. The molecule has 70 valence electrons. The van der Waals surface area contributed by atoms with Gasteiger partial charge in [0.2, 0.25) is 0 Å². The first-order chi connectivity index (χ1) is 6.69. The number of hydrogen-bond donors (Lipinski definition) is 2. The molecule has 0 aromatic carbocycles. The summed E-state index contributed by atoms with van der Waals surface area (Å²) >= 11 is 0. The minimum absolute atomic E-state index is 0.0700. The summed E-state index contributed by atoms with van der Waals surface area (Å²) in [5.41, 5.74) is 1.67. The van der Waals surface area contributed by atoms with Gasteiger partial charge in [0.25, 0.3) is 5.91 Å². The van der Waals surface area contributed by atoms with Crippen molar-refractivity contribution >= 4 is 17.7 Å². The van der Waals surface area contributed by atoms with Crippen molar-refractivity contribution in [2.75, 3.05) is 0 Å². The molecule has 0 aliphatic carbocycles. The highest BCUT2D eigenvalue weighted by Gasteiger charge is 2.29. The van der Waals surface area contributed by atoms with E-state index in [9.17, 15) is 9.90 Å². The highest BCUT2D eigenvalue weighted by atomic mass is 16.3. The third kappa shape index (κ3) is 0.877. The van der Waals surface area contributed by atoms with Crippen molar-refractivity contribution in [3.63, 3.8) is 0 Å². The topological polar surface area (TPSA) is 65.5 Å². The largest absolute Gasteiger partial charge is 0.494 e. The van der Waals surface area contributed by atoms with E-state index >= 15 is 0 Å². The summed E-state index contributed by atoms with van der Waals surface area (Å²) in [6, 6.07) is 0. The second-order valence-corrected chi connectivity index (χ2v) is 2.85. The number of carbonyl (C=O) groups is 1. The van der Waals surface area contributed by atoms with Gasteiger partial charge in [-0.05, 0) is 12.2 Å². The van der Waals surface area contributed by atoms with Gasteiger partial charge in [-0.3, -0.25) is 4.79 Å². The summed E-state index contributed by atoms with van der Waals surface area (Å²) in [5, 5.41) is 9.52. The Bertz CT molecular complexity index is 481. The zero-order chi connectivity index (χ0) is 10.3. The van der Waals surface area contributed by atoms with Gasteiger partial charge in [-0.2, -0.15) is 0 Å². The molecule has 4 heteroatoms. The Balaban J connectivity index is 2.76. The molecule has 1 aliphatic rings. The van der Waals surface area contributed by atoms with Crippen LogP contribution in [-0.4, -0.2) is 21.7 Å². The van der Waals surface area contributed by atoms with Gasteiger partial charge in [-0.25, -0.2) is 4.99 Å². The molecule has 0 spiro atoms. The number of H-pyrrole nitrogens is 1. The minimum atomic E-state index is -0.374. The van der Waals surface area contributed by atoms with Crippen LogP contribution in [0.3, 0.4) is 0 Å². The van der Waals surface area contributed by atoms with Gasteiger partial charge >= 0.3 is 0 Å². The van der Waals surface area contributed by atoms with E-state index in [1.807, 2.05) is 0 Å². The summed E-state index contributed by atoms with van der Waals surface area (Å²) < 4.78 is 0. The number of aromatic nitrogens is 1. The van der Waals surface area contributed by atoms with Crippen LogP contribution in [0.4, 0.5) is 0 Å². The molecule has 1 amide bonds. The van der Waals surface area contributed by atoms with Crippen molar-refractivity contribution in [3.05, 3.63) is 36.1 Å². The average molecular weight is 188 g/mol. The SMILES string of the molecule is C=CC1=NC(=O)c2c(C=C)[nH]c(O)c21. The van der Waals surface area contributed by atoms with E-state index in [0.29, 0.717) is 22.5 Å². The molecule has 0 atom stereocenters. The van der Waals surface area contributed by atoms with E-state index in [2.05, 4.69) is 23.1 Å². The van der Waals surface area contributed by atoms with Gasteiger partial charge < -0.3 is 10.1 Å². The van der Waals surface area contributed by atoms with Gasteiger partial charge in [-0.15, -0.1) is 0 Å². The van der Waals surface area contributed by atoms with E-state index in [0.717, 1.165) is 0 Å². The van der Waals surface area contributed by atoms with Gasteiger partial charge in [0.1, 0.15) is 0 Å². The summed E-state index contributed by atoms with van der Waals surface area (Å²) in [4.78, 5) is 17.8. The Labute approximate surface area is 80.3 Å². The number of nitrogens with zero attached hydrogens (tertiary/aromatic N) is 1. The molecular formula is C10H8N2O2. The fraction of sp³-hybridized carbons (Fsp3) is 0. The fourth-order valence-electron chi connectivity index (χ4n) is 1.50. The van der Waals surface area contributed by atoms with Crippen LogP contribution in [0.25, 0.3) is 6.08 Å². The van der Waals surface area contributed by atoms with Crippen LogP contribution in [0.1, 0.15) is 21.6 Å². The second kappa shape index (κ2) is 2.70. The molecule has 1 aliphatic heterocycles. The Morgan fingerprint density at radius 1 is 1.29 bits per heavy atom. The number of fused-ring (bicyclic) bond motifs is 1. The zero-order valence-electron chi connectivity index (χ0n) is 7.37. The number of carbonyl (C=O) groups excluding carboxylic acids is 1. The lowest BCUT2D eigenvalue weighted by atomic mass is 10.1. The van der Waals surface area contributed by atoms with E-state index in [-0.39, 0.29) is 11.8 Å². The monoisotopic (exact) mass is 188 g/mol. The van der Waals surface area contributed by atoms with Crippen LogP contribution in [0, 0.1) is 0 Å². The van der Waals surface area contributed by atoms with Crippen LogP contribution >= 0.6 is 0 Å². The highest BCUT2D eigenvalue weighted by Crippen LogP contribution is 2.31. The van der Waals surface area contributed by atoms with Crippen molar-refractivity contribution in [3.8, 4) is 5.88 Å². The normalized spacial score (nSPS) is 13.7. The molecule has 1 aromatic rings. The predicted molar refractivity (Wildman–Crippen MR) is 53.6 cm³/mol. The summed E-state index contributed by atoms with van der Waals surface area (Å²) in [5.74, 6) is -0.444. The molecular weight excluding hydrogens is 180 g/mol. The molecule has 2 N–H and O–H groups in total. The van der Waals surface area contributed by atoms with Crippen molar-refractivity contribution in [2.24, 2.45) is 4.99 Å². The van der Waals surface area contributed by atoms with Crippen LogP contribution in [-0.2, 0) is 0 Å². The van der Waals surface area contributed by atoms with E-state index in [1.54, 1.807) is 0 Å². The van der Waals surface area contributed by atoms with Crippen LogP contribution in [0.15, 0.2) is 24.2 Å². The fourth-order valence-corrected chi connectivity index (χ4v) is 1.50. The Morgan fingerprint density at radius 3 is 2.57 bits per heavy atom. The number of amides is 1. The molecule has 4 nitrogen and oxygen atoms in total. The molecule has 0 unspecified atom stereocenters. The Morgan fingerprint density at radius 2 is 2.00 bits per heavy atom. The first kappa shape index (κ1) is 8.50. The molecule has 0 fully saturated rings. The molecule has 2 heterocycles. The Kier molecular flexibility index (Phi) is 1.64. The second-order valence-electron chi connectivity index (χ2n) is 2.85. The lowest BCUT2D eigenvalue weighted by molar-refractivity contribution is 0.101. The maximum absolute atomic E-state index is 11.4. The van der Waals surface area contributed by atoms with Gasteiger partial charge in [0.15, 0.2) is 5.88 Å². The standard InChI is InChI=1S/C10H8N2O2/c1-3-5-7-8(10(14)11-5)6(4-2)12-9(7)13/h3-4,11,14H,1-2H2. The molecule has 0 bridgehead atoms. The molecule has 0 saturated heterocycles. The predicted octanol–water partition coefficient (Wildman–Crippen LogP) is 1.49. The molecule has 2 rings (SSSR count). The number of hydrogen-bond acceptors (Lipinski definition) is 2. The van der Waals surface area contributed by atoms with E-state index < -0.39 is 0 Å². The zero-order valence-corrected chi connectivity index (χ0v) is 7.37. The molecule has 0 saturated carbocycles. The molecule has 14 heavy (non-hydrogen) atoms. The smallest absolute Gasteiger partial charge is 0.280 e. The number of aromatic amines is 1. The van der Waals surface area contributed by atoms with Crippen molar-refractivity contribution < 1.29 is 9.90 Å². The van der Waals surface area contributed by atoms with Crippen molar-refractivity contribution in [1.82, 2.24) is 4.98 Å². The average Bonchev–Trinajstić information content (AvgIpc) is 2.67. The maximum Gasteiger partial charge on any atom is 0.280 e. The van der Waals surface area contributed by atoms with Crippen LogP contribution < -0.4 is 0 Å². The maximum atomic E-state index is 11.4. The van der Waals surface area contributed by atoms with Crippen molar-refractivity contribution in [1.29, 1.82) is 0 Å². The summed E-state index contributed by atoms with van der Waals surface area (Å²) in [7, 11) is 0. The van der Waals surface area contributed by atoms with Crippen molar-refractivity contribution in [2.45, 2.75) is 0 Å². The highest BCUT2D eigenvalue weighted by molar-refractivity contribution is 6.27. The van der Waals surface area contributed by atoms with Gasteiger partial charge in [0, 0.05) is 0 Å². The summed E-state index contributed by atoms with van der Waals surface area (Å²) in [6.07, 6.45) is 2.90. The number of aromatic hydroxyl groups is 1. The van der Waals surface area contributed by atoms with Crippen LogP contribution in [0.5, 0.6) is 5.88 Å². The van der Waals surface area contributed by atoms with Crippen LogP contribution in [0.2, 0.25) is 0 Å². The number of allylic oxidation sites excluding steroid dienone is 1. The minimum Gasteiger partial charge on any atom is -0.494 e. The third-order valence-corrected chi connectivity index (χ3v) is 2.10. The number of aliphatic imine (C=N–C) groups is 1. The Hall–Kier alpha value is -2.10.